The molecule has 134 valence electrons. The number of rotatable bonds is 3. The first kappa shape index (κ1) is 16.1. The van der Waals surface area contributed by atoms with Gasteiger partial charge >= 0.3 is 6.09 Å². The maximum atomic E-state index is 10.9. The van der Waals surface area contributed by atoms with Gasteiger partial charge in [-0.05, 0) is 13.8 Å². The molecule has 0 spiro atoms. The smallest absolute Gasteiger partial charge is 0.410 e. The lowest BCUT2D eigenvalue weighted by Crippen LogP contribution is -2.34. The van der Waals surface area contributed by atoms with Crippen LogP contribution in [0, 0.1) is 0 Å². The van der Waals surface area contributed by atoms with Gasteiger partial charge in [0.1, 0.15) is 24.6 Å². The van der Waals surface area contributed by atoms with E-state index >= 15 is 0 Å². The second-order valence-electron chi connectivity index (χ2n) is 6.34. The van der Waals surface area contributed by atoms with Gasteiger partial charge in [-0.1, -0.05) is 0 Å². The highest BCUT2D eigenvalue weighted by atomic mass is 16.8. The molecule has 2 aromatic rings. The Labute approximate surface area is 142 Å². The molecule has 0 bridgehead atoms. The summed E-state index contributed by atoms with van der Waals surface area (Å²) >= 11 is 0. The number of hydrogen-bond donors (Lipinski definition) is 3. The van der Waals surface area contributed by atoms with Gasteiger partial charge in [-0.2, -0.15) is 0 Å². The standard InChI is InChI=1S/C14H18N6O5/c1-14(2)24-8-6(3-15)23-12(9(8)25-14)20-5-18-7-10(19-13(21)22)16-4-17-11(7)20/h4-6,8-9,12H,3,15H2,1-2H3,(H,21,22)(H,16,17,19)/t6-,8-,9-,12-/m1/s1. The summed E-state index contributed by atoms with van der Waals surface area (Å²) in [5.74, 6) is -0.642. The third-order valence-corrected chi connectivity index (χ3v) is 4.22. The highest BCUT2D eigenvalue weighted by molar-refractivity contribution is 5.92. The van der Waals surface area contributed by atoms with Crippen LogP contribution in [0.25, 0.3) is 11.2 Å². The highest BCUT2D eigenvalue weighted by Gasteiger charge is 2.55. The Balaban J connectivity index is 1.73. The van der Waals surface area contributed by atoms with Crippen molar-refractivity contribution in [3.05, 3.63) is 12.7 Å². The summed E-state index contributed by atoms with van der Waals surface area (Å²) in [6, 6.07) is 0. The third kappa shape index (κ3) is 2.61. The molecule has 2 saturated heterocycles. The zero-order valence-electron chi connectivity index (χ0n) is 13.6. The fourth-order valence-corrected chi connectivity index (χ4v) is 3.30. The molecule has 1 amide bonds. The largest absolute Gasteiger partial charge is 0.465 e. The van der Waals surface area contributed by atoms with E-state index in [0.29, 0.717) is 11.2 Å². The van der Waals surface area contributed by atoms with Crippen LogP contribution in [0.5, 0.6) is 0 Å². The Bertz CT molecular complexity index is 823. The molecule has 0 radical (unpaired) electrons. The van der Waals surface area contributed by atoms with Crippen LogP contribution in [0.2, 0.25) is 0 Å². The van der Waals surface area contributed by atoms with E-state index in [1.807, 2.05) is 13.8 Å². The number of carbonyl (C=O) groups is 1. The van der Waals surface area contributed by atoms with Crippen LogP contribution in [-0.2, 0) is 14.2 Å². The molecule has 2 aliphatic rings. The maximum absolute atomic E-state index is 10.9. The molecule has 0 unspecified atom stereocenters. The molecule has 11 nitrogen and oxygen atoms in total. The quantitative estimate of drug-likeness (QED) is 0.710. The Morgan fingerprint density at radius 2 is 2.12 bits per heavy atom. The summed E-state index contributed by atoms with van der Waals surface area (Å²) in [6.07, 6.45) is -0.0153. The Hall–Kier alpha value is -2.34. The lowest BCUT2D eigenvalue weighted by Gasteiger charge is -2.24. The average molecular weight is 350 g/mol. The molecular weight excluding hydrogens is 332 g/mol. The molecule has 2 aromatic heterocycles. The van der Waals surface area contributed by atoms with Crippen LogP contribution >= 0.6 is 0 Å². The molecule has 25 heavy (non-hydrogen) atoms. The predicted molar refractivity (Wildman–Crippen MR) is 83.8 cm³/mol. The number of amides is 1. The second kappa shape index (κ2) is 5.59. The summed E-state index contributed by atoms with van der Waals surface area (Å²) in [5, 5.41) is 11.1. The van der Waals surface area contributed by atoms with Gasteiger partial charge in [0.15, 0.2) is 29.0 Å². The van der Waals surface area contributed by atoms with Gasteiger partial charge < -0.3 is 25.1 Å². The van der Waals surface area contributed by atoms with Crippen LogP contribution in [0.4, 0.5) is 10.6 Å². The van der Waals surface area contributed by atoms with Crippen molar-refractivity contribution < 1.29 is 24.1 Å². The zero-order valence-corrected chi connectivity index (χ0v) is 13.6. The van der Waals surface area contributed by atoms with E-state index in [1.165, 1.54) is 12.7 Å². The number of nitrogens with zero attached hydrogens (tertiary/aromatic N) is 4. The molecule has 11 heteroatoms. The number of imidazole rings is 1. The van der Waals surface area contributed by atoms with Gasteiger partial charge in [0.05, 0.1) is 6.33 Å². The molecule has 0 saturated carbocycles. The minimum atomic E-state index is -1.23. The number of nitrogens with two attached hydrogens (primary N) is 1. The number of ether oxygens (including phenoxy) is 3. The van der Waals surface area contributed by atoms with E-state index < -0.39 is 18.1 Å². The predicted octanol–water partition coefficient (Wildman–Crippen LogP) is 0.292. The van der Waals surface area contributed by atoms with E-state index in [9.17, 15) is 4.79 Å². The minimum absolute atomic E-state index is 0.102. The number of nitrogens with one attached hydrogen (secondary N) is 1. The first-order chi connectivity index (χ1) is 11.9. The number of fused-ring (bicyclic) bond motifs is 2. The van der Waals surface area contributed by atoms with Crippen molar-refractivity contribution in [1.29, 1.82) is 0 Å². The van der Waals surface area contributed by atoms with Crippen molar-refractivity contribution in [2.45, 2.75) is 44.2 Å². The minimum Gasteiger partial charge on any atom is -0.465 e. The Morgan fingerprint density at radius 1 is 1.36 bits per heavy atom. The Morgan fingerprint density at radius 3 is 2.84 bits per heavy atom. The molecule has 2 fully saturated rings. The topological polar surface area (TPSA) is 147 Å². The summed E-state index contributed by atoms with van der Waals surface area (Å²) in [4.78, 5) is 23.2. The third-order valence-electron chi connectivity index (χ3n) is 4.22. The average Bonchev–Trinajstić information content (AvgIpc) is 3.17. The van der Waals surface area contributed by atoms with E-state index in [2.05, 4.69) is 20.3 Å². The molecule has 4 rings (SSSR count). The van der Waals surface area contributed by atoms with Gasteiger partial charge in [-0.3, -0.25) is 9.88 Å². The van der Waals surface area contributed by atoms with Crippen LogP contribution in [0.1, 0.15) is 20.1 Å². The first-order valence-electron chi connectivity index (χ1n) is 7.78. The lowest BCUT2D eigenvalue weighted by atomic mass is 10.1. The summed E-state index contributed by atoms with van der Waals surface area (Å²) in [7, 11) is 0. The van der Waals surface area contributed by atoms with E-state index in [-0.39, 0.29) is 30.7 Å². The van der Waals surface area contributed by atoms with Gasteiger partial charge in [-0.25, -0.2) is 19.7 Å². The molecule has 0 aromatic carbocycles. The van der Waals surface area contributed by atoms with Crippen LogP contribution in [0.3, 0.4) is 0 Å². The summed E-state index contributed by atoms with van der Waals surface area (Å²) in [5.41, 5.74) is 6.54. The van der Waals surface area contributed by atoms with Crippen molar-refractivity contribution in [2.75, 3.05) is 11.9 Å². The molecule has 0 aliphatic carbocycles. The fourth-order valence-electron chi connectivity index (χ4n) is 3.30. The Kier molecular flexibility index (Phi) is 3.61. The van der Waals surface area contributed by atoms with Crippen LogP contribution in [0.15, 0.2) is 12.7 Å². The fraction of sp³-hybridized carbons (Fsp3) is 0.571. The molecule has 2 aliphatic heterocycles. The van der Waals surface area contributed by atoms with Gasteiger partial charge in [0, 0.05) is 6.54 Å². The second-order valence-corrected chi connectivity index (χ2v) is 6.34. The van der Waals surface area contributed by atoms with Gasteiger partial charge in [0.2, 0.25) is 0 Å². The van der Waals surface area contributed by atoms with E-state index in [4.69, 9.17) is 25.1 Å². The summed E-state index contributed by atoms with van der Waals surface area (Å²) < 4.78 is 19.6. The SMILES string of the molecule is CC1(C)O[C@@H]2[C@H](O1)[C@@H](CN)O[C@H]2n1cnc2c(NC(=O)O)ncnc21. The van der Waals surface area contributed by atoms with Crippen molar-refractivity contribution in [3.63, 3.8) is 0 Å². The number of anilines is 1. The number of aromatic nitrogens is 4. The summed E-state index contributed by atoms with van der Waals surface area (Å²) in [6.45, 7) is 3.95. The normalized spacial score (nSPS) is 30.5. The van der Waals surface area contributed by atoms with Crippen molar-refractivity contribution in [1.82, 2.24) is 19.5 Å². The molecule has 4 heterocycles. The van der Waals surface area contributed by atoms with Crippen LogP contribution in [-0.4, -0.2) is 61.4 Å². The molecular formula is C14H18N6O5. The van der Waals surface area contributed by atoms with Crippen LogP contribution < -0.4 is 11.1 Å². The maximum Gasteiger partial charge on any atom is 0.410 e. The van der Waals surface area contributed by atoms with E-state index in [1.54, 1.807) is 4.57 Å². The lowest BCUT2D eigenvalue weighted by molar-refractivity contribution is -0.195. The van der Waals surface area contributed by atoms with Crippen molar-refractivity contribution in [3.8, 4) is 0 Å². The van der Waals surface area contributed by atoms with E-state index in [0.717, 1.165) is 0 Å². The van der Waals surface area contributed by atoms with Crippen molar-refractivity contribution >= 4 is 23.1 Å². The molecule has 4 N–H and O–H groups in total. The van der Waals surface area contributed by atoms with Crippen molar-refractivity contribution in [2.24, 2.45) is 5.73 Å². The first-order valence-corrected chi connectivity index (χ1v) is 7.78. The van der Waals surface area contributed by atoms with Gasteiger partial charge in [-0.15, -0.1) is 0 Å². The number of carboxylic acid groups (broad SMARTS) is 1. The van der Waals surface area contributed by atoms with Gasteiger partial charge in [0.25, 0.3) is 0 Å². The monoisotopic (exact) mass is 350 g/mol. The number of hydrogen-bond acceptors (Lipinski definition) is 8. The zero-order chi connectivity index (χ0) is 17.8. The highest BCUT2D eigenvalue weighted by Crippen LogP contribution is 2.43. The molecule has 4 atom stereocenters.